The first-order valence-electron chi connectivity index (χ1n) is 21.1. The second-order valence-corrected chi connectivity index (χ2v) is 15.8. The minimum absolute atomic E-state index is 0.00244. The molecule has 6 N–H and O–H groups in total. The molecular formula is C40H74O21. The molecule has 4 aliphatic rings. The number of aliphatic hydroxyl groups excluding tert-OH is 6. The molecule has 0 spiro atoms. The van der Waals surface area contributed by atoms with E-state index in [4.69, 9.17) is 71.1 Å². The van der Waals surface area contributed by atoms with E-state index in [0.717, 1.165) is 0 Å². The summed E-state index contributed by atoms with van der Waals surface area (Å²) in [5.74, 6) is -3.41. The van der Waals surface area contributed by atoms with E-state index in [9.17, 15) is 30.6 Å². The van der Waals surface area contributed by atoms with E-state index in [0.29, 0.717) is 13.0 Å². The summed E-state index contributed by atoms with van der Waals surface area (Å²) in [7, 11) is 10.3. The van der Waals surface area contributed by atoms with E-state index < -0.39 is 142 Å². The van der Waals surface area contributed by atoms with Crippen molar-refractivity contribution in [1.29, 1.82) is 0 Å². The Morgan fingerprint density at radius 3 is 1.11 bits per heavy atom. The third-order valence-electron chi connectivity index (χ3n) is 12.3. The standard InChI is InChI=1S/C40H74O21/c1-9-12-54-30-23(15-44)27(18-47-2)56-38(34(30)50-5)59-31-24(16-45)28(19-48-3)57-39(35(31)51-6)60-32-25(17-46)29(20-49-4)58-40(36(32)52-7)61-33-22(14-43)21(13-42)26(10-11-41)55-37(33)53-8/h21-46H,9-20H2,1-8H3/t21-,22+,23+,24+,25+,26?,27?,28?,29?,30+,31+,32+,33?,34?,35?,36?,37?,38+,39+,40+/m1/s1. The summed E-state index contributed by atoms with van der Waals surface area (Å²) < 4.78 is 92.3. The molecule has 0 saturated carbocycles. The lowest BCUT2D eigenvalue weighted by molar-refractivity contribution is -0.390. The van der Waals surface area contributed by atoms with Crippen molar-refractivity contribution in [2.24, 2.45) is 29.6 Å². The molecular weight excluding hydrogens is 816 g/mol. The number of hydrogen-bond donors (Lipinski definition) is 6. The molecule has 360 valence electrons. The van der Waals surface area contributed by atoms with Gasteiger partial charge in [0.05, 0.1) is 82.4 Å². The lowest BCUT2D eigenvalue weighted by Gasteiger charge is -2.52. The van der Waals surface area contributed by atoms with E-state index in [2.05, 4.69) is 0 Å². The Hall–Kier alpha value is -0.840. The molecule has 4 fully saturated rings. The molecule has 4 rings (SSSR count). The Balaban J connectivity index is 1.72. The molecule has 4 heterocycles. The highest BCUT2D eigenvalue weighted by Gasteiger charge is 2.57. The number of ether oxygens (including phenoxy) is 15. The average Bonchev–Trinajstić information content (AvgIpc) is 3.26. The van der Waals surface area contributed by atoms with E-state index in [1.54, 1.807) is 0 Å². The van der Waals surface area contributed by atoms with Gasteiger partial charge < -0.3 is 102 Å². The van der Waals surface area contributed by atoms with Gasteiger partial charge in [0.2, 0.25) is 0 Å². The number of aliphatic hydroxyl groups is 6. The quantitative estimate of drug-likeness (QED) is 0.0543. The lowest BCUT2D eigenvalue weighted by Crippen LogP contribution is -2.66. The number of methoxy groups -OCH3 is 7. The summed E-state index contributed by atoms with van der Waals surface area (Å²) in [4.78, 5) is 0. The van der Waals surface area contributed by atoms with Crippen LogP contribution in [0.25, 0.3) is 0 Å². The summed E-state index contributed by atoms with van der Waals surface area (Å²) >= 11 is 0. The maximum atomic E-state index is 10.9. The first kappa shape index (κ1) is 52.8. The molecule has 0 aliphatic carbocycles. The molecule has 61 heavy (non-hydrogen) atoms. The molecule has 9 unspecified atom stereocenters. The molecule has 0 aromatic carbocycles. The van der Waals surface area contributed by atoms with Crippen LogP contribution in [0.1, 0.15) is 19.8 Å². The van der Waals surface area contributed by atoms with E-state index in [1.165, 1.54) is 49.8 Å². The molecule has 0 amide bonds. The van der Waals surface area contributed by atoms with E-state index >= 15 is 0 Å². The summed E-state index contributed by atoms with van der Waals surface area (Å²) in [6.45, 7) is 0.348. The van der Waals surface area contributed by atoms with Gasteiger partial charge in [-0.05, 0) is 12.8 Å². The normalized spacial score (nSPS) is 42.2. The molecule has 0 aromatic heterocycles. The summed E-state index contributed by atoms with van der Waals surface area (Å²) in [5.41, 5.74) is 0. The van der Waals surface area contributed by atoms with Crippen LogP contribution in [0.4, 0.5) is 0 Å². The minimum Gasteiger partial charge on any atom is -0.396 e. The topological polar surface area (TPSA) is 260 Å². The monoisotopic (exact) mass is 890 g/mol. The fraction of sp³-hybridized carbons (Fsp3) is 1.00. The minimum atomic E-state index is -1.26. The second kappa shape index (κ2) is 27.0. The number of hydrogen-bond acceptors (Lipinski definition) is 21. The highest BCUT2D eigenvalue weighted by molar-refractivity contribution is 4.99. The van der Waals surface area contributed by atoms with Crippen molar-refractivity contribution in [3.05, 3.63) is 0 Å². The van der Waals surface area contributed by atoms with Crippen LogP contribution in [0.3, 0.4) is 0 Å². The molecule has 4 aliphatic heterocycles. The molecule has 4 saturated heterocycles. The first-order valence-corrected chi connectivity index (χ1v) is 21.1. The predicted octanol–water partition coefficient (Wildman–Crippen LogP) is -2.11. The zero-order chi connectivity index (χ0) is 44.6. The van der Waals surface area contributed by atoms with Crippen LogP contribution >= 0.6 is 0 Å². The Kier molecular flexibility index (Phi) is 23.3. The third kappa shape index (κ3) is 12.3. The van der Waals surface area contributed by atoms with Gasteiger partial charge in [-0.2, -0.15) is 0 Å². The van der Waals surface area contributed by atoms with Crippen LogP contribution in [0.2, 0.25) is 0 Å². The van der Waals surface area contributed by atoms with E-state index in [-0.39, 0.29) is 46.1 Å². The molecule has 0 radical (unpaired) electrons. The highest BCUT2D eigenvalue weighted by Crippen LogP contribution is 2.41. The molecule has 21 nitrogen and oxygen atoms in total. The van der Waals surface area contributed by atoms with Gasteiger partial charge in [0.25, 0.3) is 0 Å². The SMILES string of the molecule is CCCO[C@@H]1C(OC)[C@H](O[C@@H]2C(OC)[C@H](O[C@@H]3C(OC)[C@H](OC4C(OC)OC(CCO)[C@H](CO)[C@@H]4CO)OC(COC)[C@@H]3CO)OC(COC)[C@@H]2CO)OC(COC)[C@@H]1CO. The van der Waals surface area contributed by atoms with Crippen LogP contribution < -0.4 is 0 Å². The number of rotatable bonds is 26. The Labute approximate surface area is 358 Å². The largest absolute Gasteiger partial charge is 0.396 e. The van der Waals surface area contributed by atoms with Crippen molar-refractivity contribution in [2.45, 2.75) is 112 Å². The molecule has 21 heteroatoms. The summed E-state index contributed by atoms with van der Waals surface area (Å²) in [5, 5.41) is 63.0. The molecule has 20 atom stereocenters. The van der Waals surface area contributed by atoms with Crippen LogP contribution in [0.15, 0.2) is 0 Å². The van der Waals surface area contributed by atoms with Gasteiger partial charge in [0.1, 0.15) is 24.4 Å². The maximum absolute atomic E-state index is 10.9. The van der Waals surface area contributed by atoms with Gasteiger partial charge in [-0.25, -0.2) is 0 Å². The Morgan fingerprint density at radius 1 is 0.393 bits per heavy atom. The van der Waals surface area contributed by atoms with Gasteiger partial charge in [0.15, 0.2) is 25.2 Å². The zero-order valence-corrected chi connectivity index (χ0v) is 36.8. The van der Waals surface area contributed by atoms with Crippen molar-refractivity contribution >= 4 is 0 Å². The summed E-state index contributed by atoms with van der Waals surface area (Å²) in [6.07, 6.45) is -13.4. The van der Waals surface area contributed by atoms with Crippen LogP contribution in [0.5, 0.6) is 0 Å². The van der Waals surface area contributed by atoms with Crippen molar-refractivity contribution in [3.63, 3.8) is 0 Å². The predicted molar refractivity (Wildman–Crippen MR) is 209 cm³/mol. The zero-order valence-electron chi connectivity index (χ0n) is 36.8. The maximum Gasteiger partial charge on any atom is 0.187 e. The third-order valence-corrected chi connectivity index (χ3v) is 12.3. The van der Waals surface area contributed by atoms with E-state index in [1.807, 2.05) is 6.92 Å². The highest BCUT2D eigenvalue weighted by atomic mass is 16.8. The van der Waals surface area contributed by atoms with Gasteiger partial charge in [-0.1, -0.05) is 6.92 Å². The Bertz CT molecular complexity index is 1180. The fourth-order valence-corrected chi connectivity index (χ4v) is 9.21. The van der Waals surface area contributed by atoms with Gasteiger partial charge in [0, 0.05) is 106 Å². The van der Waals surface area contributed by atoms with Gasteiger partial charge in [-0.3, -0.25) is 0 Å². The van der Waals surface area contributed by atoms with Crippen LogP contribution in [-0.4, -0.2) is 239 Å². The van der Waals surface area contributed by atoms with Gasteiger partial charge >= 0.3 is 0 Å². The molecule has 0 bridgehead atoms. The van der Waals surface area contributed by atoms with Crippen LogP contribution in [0, 0.1) is 29.6 Å². The smallest absolute Gasteiger partial charge is 0.187 e. The van der Waals surface area contributed by atoms with Crippen molar-refractivity contribution in [3.8, 4) is 0 Å². The van der Waals surface area contributed by atoms with Crippen LogP contribution in [-0.2, 0) is 71.1 Å². The lowest BCUT2D eigenvalue weighted by atomic mass is 9.80. The van der Waals surface area contributed by atoms with Crippen molar-refractivity contribution in [2.75, 3.05) is 116 Å². The summed E-state index contributed by atoms with van der Waals surface area (Å²) in [6, 6.07) is 0. The van der Waals surface area contributed by atoms with Crippen molar-refractivity contribution in [1.82, 2.24) is 0 Å². The van der Waals surface area contributed by atoms with Crippen molar-refractivity contribution < 1.29 is 102 Å². The Morgan fingerprint density at radius 2 is 0.770 bits per heavy atom. The molecule has 0 aromatic rings. The van der Waals surface area contributed by atoms with Gasteiger partial charge in [-0.15, -0.1) is 0 Å². The first-order chi connectivity index (χ1) is 29.7. The fourth-order valence-electron chi connectivity index (χ4n) is 9.21. The second-order valence-electron chi connectivity index (χ2n) is 15.8. The average molecular weight is 891 g/mol.